The highest BCUT2D eigenvalue weighted by atomic mass is 19.2. The Morgan fingerprint density at radius 2 is 1.96 bits per heavy atom. The first-order valence-corrected chi connectivity index (χ1v) is 16.5. The summed E-state index contributed by atoms with van der Waals surface area (Å²) >= 11 is 0. The number of allylic oxidation sites excluding steroid dienone is 2. The molecule has 4 aliphatic rings. The van der Waals surface area contributed by atoms with Gasteiger partial charge in [-0.05, 0) is 56.5 Å². The van der Waals surface area contributed by atoms with Gasteiger partial charge in [-0.1, -0.05) is 6.08 Å². The number of aryl methyl sites for hydroxylation is 1. The molecule has 1 aromatic carbocycles. The molecule has 4 atom stereocenters. The number of aromatic nitrogens is 2. The van der Waals surface area contributed by atoms with Crippen LogP contribution in [0.25, 0.3) is 11.8 Å². The van der Waals surface area contributed by atoms with Gasteiger partial charge in [-0.25, -0.2) is 13.8 Å². The van der Waals surface area contributed by atoms with Crippen LogP contribution < -0.4 is 10.6 Å². The number of amides is 2. The smallest absolute Gasteiger partial charge is 0.322 e. The molecule has 3 unspecified atom stereocenters. The molecule has 4 heterocycles. The Balaban J connectivity index is 1.11. The predicted octanol–water partition coefficient (Wildman–Crippen LogP) is 3.30. The number of rotatable bonds is 8. The second kappa shape index (κ2) is 14.0. The molecule has 6 rings (SSSR count). The molecule has 1 aliphatic carbocycles. The van der Waals surface area contributed by atoms with Crippen molar-refractivity contribution in [2.75, 3.05) is 51.7 Å². The third-order valence-electron chi connectivity index (χ3n) is 9.89. The first-order chi connectivity index (χ1) is 23.9. The average Bonchev–Trinajstić information content (AvgIpc) is 3.54. The quantitative estimate of drug-likeness (QED) is 0.376. The minimum absolute atomic E-state index is 0.0324. The van der Waals surface area contributed by atoms with Crippen molar-refractivity contribution in [1.82, 2.24) is 29.6 Å². The molecular weight excluding hydrogens is 650 g/mol. The molecule has 0 radical (unpaired) electrons. The summed E-state index contributed by atoms with van der Waals surface area (Å²) in [6.07, 6.45) is 6.31. The number of nitrogens with zero attached hydrogens (tertiary/aromatic N) is 6. The Morgan fingerprint density at radius 1 is 1.20 bits per heavy atom. The Bertz CT molecular complexity index is 1810. The first-order valence-electron chi connectivity index (χ1n) is 16.5. The van der Waals surface area contributed by atoms with Gasteiger partial charge >= 0.3 is 5.97 Å². The van der Waals surface area contributed by atoms with Crippen LogP contribution in [-0.4, -0.2) is 111 Å². The number of alkyl halides is 1. The molecule has 0 saturated carbocycles. The van der Waals surface area contributed by atoms with E-state index >= 15 is 8.78 Å². The molecule has 13 nitrogen and oxygen atoms in total. The number of carboxylic acids is 1. The number of hydrogen-bond donors (Lipinski definition) is 3. The zero-order chi connectivity index (χ0) is 35.7. The van der Waals surface area contributed by atoms with Crippen molar-refractivity contribution in [1.29, 1.82) is 5.26 Å². The van der Waals surface area contributed by atoms with Crippen molar-refractivity contribution < 1.29 is 33.0 Å². The number of benzene rings is 1. The first kappa shape index (κ1) is 34.8. The van der Waals surface area contributed by atoms with Gasteiger partial charge in [0.2, 0.25) is 5.91 Å². The normalized spacial score (nSPS) is 25.4. The molecule has 3 N–H and O–H groups in total. The maximum Gasteiger partial charge on any atom is 0.322 e. The number of carbonyl (C=O) groups is 3. The van der Waals surface area contributed by atoms with Crippen LogP contribution in [0.4, 0.5) is 14.5 Å². The molecule has 264 valence electrons. The van der Waals surface area contributed by atoms with E-state index < -0.39 is 35.8 Å². The van der Waals surface area contributed by atoms with Crippen LogP contribution in [0.5, 0.6) is 0 Å². The number of imidazole rings is 1. The lowest BCUT2D eigenvalue weighted by atomic mass is 9.89. The van der Waals surface area contributed by atoms with E-state index in [1.807, 2.05) is 31.0 Å². The number of hydrogen-bond acceptors (Lipinski definition) is 9. The average molecular weight is 691 g/mol. The second-order valence-electron chi connectivity index (χ2n) is 13.2. The molecule has 1 aromatic heterocycles. The molecule has 3 aliphatic heterocycles. The van der Waals surface area contributed by atoms with E-state index in [0.717, 1.165) is 11.3 Å². The lowest BCUT2D eigenvalue weighted by Crippen LogP contribution is -2.57. The summed E-state index contributed by atoms with van der Waals surface area (Å²) in [5.41, 5.74) is 0.812. The number of piperidine rings is 1. The minimum Gasteiger partial charge on any atom is -0.480 e. The van der Waals surface area contributed by atoms with Crippen LogP contribution in [0.15, 0.2) is 48.6 Å². The summed E-state index contributed by atoms with van der Waals surface area (Å²) in [4.78, 5) is 47.9. The number of anilines is 1. The maximum absolute atomic E-state index is 15.4. The minimum atomic E-state index is -2.10. The van der Waals surface area contributed by atoms with Gasteiger partial charge in [0.05, 0.1) is 18.0 Å². The SMILES string of the molecule is Cc1cc(NC2c3ncc(C4=C(F)C(F)C(C)(OCC#N)C=C4)n3C=CN2C)ccc1C(=O)N1CCC(C(=O)N2CCN[C@H](C(=O)O)C2)CC1. The topological polar surface area (TPSA) is 156 Å². The second-order valence-corrected chi connectivity index (χ2v) is 13.2. The number of piperazine rings is 1. The molecule has 0 spiro atoms. The monoisotopic (exact) mass is 690 g/mol. The van der Waals surface area contributed by atoms with E-state index in [1.165, 1.54) is 25.3 Å². The number of aliphatic carboxylic acids is 1. The lowest BCUT2D eigenvalue weighted by Gasteiger charge is -2.37. The number of carboxylic acid groups (broad SMARTS) is 1. The highest BCUT2D eigenvalue weighted by molar-refractivity contribution is 5.96. The van der Waals surface area contributed by atoms with E-state index in [-0.39, 0.29) is 36.5 Å². The van der Waals surface area contributed by atoms with Gasteiger partial charge in [0.25, 0.3) is 5.91 Å². The summed E-state index contributed by atoms with van der Waals surface area (Å²) in [5.74, 6) is -1.87. The number of carbonyl (C=O) groups excluding carboxylic acids is 2. The standard InChI is InChI=1S/C35H40F2N8O5/c1-21-18-23(4-5-24(21)33(47)43-12-7-22(8-13-43)32(46)44-14-11-39-26(20-44)34(48)49)41-31-30-40-19-27(45(30)16-15-42(31)3)25-6-9-35(2,50-17-10-38)29(37)28(25)36/h4-6,9,15-16,18-19,22,26,29,31,39,41H,7-8,11-14,17,20H2,1-3H3,(H,48,49)/t26-,29?,31?,35?/m0/s1. The molecule has 2 aromatic rings. The van der Waals surface area contributed by atoms with E-state index in [2.05, 4.69) is 15.6 Å². The number of ether oxygens (including phenoxy) is 1. The molecular formula is C35H40F2N8O5. The zero-order valence-electron chi connectivity index (χ0n) is 28.1. The van der Waals surface area contributed by atoms with Crippen molar-refractivity contribution in [3.63, 3.8) is 0 Å². The largest absolute Gasteiger partial charge is 0.480 e. The van der Waals surface area contributed by atoms with Gasteiger partial charge in [0.1, 0.15) is 24.1 Å². The Hall–Kier alpha value is -5.07. The van der Waals surface area contributed by atoms with E-state index in [4.69, 9.17) is 10.00 Å². The molecule has 50 heavy (non-hydrogen) atoms. The van der Waals surface area contributed by atoms with Crippen LogP contribution in [0.2, 0.25) is 0 Å². The third kappa shape index (κ3) is 6.60. The van der Waals surface area contributed by atoms with Gasteiger partial charge in [0, 0.05) is 74.9 Å². The summed E-state index contributed by atoms with van der Waals surface area (Å²) in [6, 6.07) is 6.46. The molecule has 2 saturated heterocycles. The number of fused-ring (bicyclic) bond motifs is 1. The molecule has 2 amide bonds. The van der Waals surface area contributed by atoms with Crippen molar-refractivity contribution in [3.8, 4) is 6.07 Å². The van der Waals surface area contributed by atoms with Crippen molar-refractivity contribution in [2.45, 2.75) is 50.7 Å². The van der Waals surface area contributed by atoms with Gasteiger partial charge in [-0.2, -0.15) is 5.26 Å². The van der Waals surface area contributed by atoms with Crippen LogP contribution >= 0.6 is 0 Å². The van der Waals surface area contributed by atoms with Crippen molar-refractivity contribution in [3.05, 3.63) is 71.2 Å². The summed E-state index contributed by atoms with van der Waals surface area (Å²) in [5, 5.41) is 24.5. The van der Waals surface area contributed by atoms with E-state index in [9.17, 15) is 19.5 Å². The lowest BCUT2D eigenvalue weighted by molar-refractivity contribution is -0.144. The summed E-state index contributed by atoms with van der Waals surface area (Å²) in [7, 11) is 1.85. The third-order valence-corrected chi connectivity index (χ3v) is 9.89. The number of likely N-dealkylation sites (tertiary alicyclic amines) is 1. The highest BCUT2D eigenvalue weighted by Gasteiger charge is 2.42. The van der Waals surface area contributed by atoms with Crippen molar-refractivity contribution in [2.24, 2.45) is 5.92 Å². The van der Waals surface area contributed by atoms with Crippen LogP contribution in [0.1, 0.15) is 53.4 Å². The molecule has 15 heteroatoms. The van der Waals surface area contributed by atoms with E-state index in [1.54, 1.807) is 38.9 Å². The molecule has 2 fully saturated rings. The number of nitriles is 1. The fourth-order valence-electron chi connectivity index (χ4n) is 6.88. The summed E-state index contributed by atoms with van der Waals surface area (Å²) < 4.78 is 37.6. The Kier molecular flexibility index (Phi) is 9.77. The van der Waals surface area contributed by atoms with Gasteiger partial charge in [0.15, 0.2) is 18.2 Å². The van der Waals surface area contributed by atoms with Gasteiger partial charge in [-0.3, -0.25) is 19.0 Å². The van der Waals surface area contributed by atoms with E-state index in [0.29, 0.717) is 56.1 Å². The van der Waals surface area contributed by atoms with Gasteiger partial charge < -0.3 is 35.2 Å². The number of nitrogens with one attached hydrogen (secondary N) is 2. The van der Waals surface area contributed by atoms with Crippen LogP contribution in [-0.2, 0) is 14.3 Å². The maximum atomic E-state index is 15.4. The van der Waals surface area contributed by atoms with Crippen LogP contribution in [0, 0.1) is 24.2 Å². The number of halogens is 2. The van der Waals surface area contributed by atoms with Gasteiger partial charge in [-0.15, -0.1) is 0 Å². The Labute approximate surface area is 288 Å². The Morgan fingerprint density at radius 3 is 2.66 bits per heavy atom. The fourth-order valence-corrected chi connectivity index (χ4v) is 6.88. The highest BCUT2D eigenvalue weighted by Crippen LogP contribution is 2.39. The summed E-state index contributed by atoms with van der Waals surface area (Å²) in [6.45, 7) is 4.75. The molecule has 0 bridgehead atoms. The van der Waals surface area contributed by atoms with Crippen molar-refractivity contribution >= 4 is 35.2 Å². The fraction of sp³-hybridized carbons (Fsp3) is 0.457. The van der Waals surface area contributed by atoms with Crippen LogP contribution in [0.3, 0.4) is 0 Å². The predicted molar refractivity (Wildman–Crippen MR) is 180 cm³/mol. The zero-order valence-corrected chi connectivity index (χ0v) is 28.1.